The highest BCUT2D eigenvalue weighted by Gasteiger charge is 1.85. The van der Waals surface area contributed by atoms with E-state index >= 15 is 0 Å². The molecule has 0 radical (unpaired) electrons. The molecule has 10 heavy (non-hydrogen) atoms. The summed E-state index contributed by atoms with van der Waals surface area (Å²) in [6.45, 7) is 6.73. The standard InChI is InChI=1S/C6H14.H2O3S/c1-4-5-6(2)3;1-4(2)3/h6H,4-5H2,1-3H3;4H,(H,1,2,3). The molecular formula is C6H16O3S. The summed E-state index contributed by atoms with van der Waals surface area (Å²) >= 11 is 0. The summed E-state index contributed by atoms with van der Waals surface area (Å²) in [4.78, 5) is 0. The highest BCUT2D eigenvalue weighted by molar-refractivity contribution is 7.66. The van der Waals surface area contributed by atoms with Gasteiger partial charge < -0.3 is 0 Å². The number of hydrogen-bond donors (Lipinski definition) is 2. The van der Waals surface area contributed by atoms with Gasteiger partial charge in [0.1, 0.15) is 0 Å². The van der Waals surface area contributed by atoms with Crippen LogP contribution in [0.2, 0.25) is 0 Å². The van der Waals surface area contributed by atoms with Crippen molar-refractivity contribution in [3.63, 3.8) is 0 Å². The molecule has 0 unspecified atom stereocenters. The first kappa shape index (κ1) is 12.6. The monoisotopic (exact) mass is 168 g/mol. The molecule has 0 aliphatic rings. The molecule has 0 saturated heterocycles. The second-order valence-electron chi connectivity index (χ2n) is 2.42. The lowest BCUT2D eigenvalue weighted by atomic mass is 10.1. The van der Waals surface area contributed by atoms with Gasteiger partial charge in [-0.1, -0.05) is 33.6 Å². The summed E-state index contributed by atoms with van der Waals surface area (Å²) in [6, 6.07) is 0. The summed E-state index contributed by atoms with van der Waals surface area (Å²) in [5.41, 5.74) is 0. The van der Waals surface area contributed by atoms with E-state index in [1.54, 1.807) is 0 Å². The van der Waals surface area contributed by atoms with Crippen LogP contribution in [0.15, 0.2) is 0 Å². The Morgan fingerprint density at radius 1 is 1.40 bits per heavy atom. The lowest BCUT2D eigenvalue weighted by molar-refractivity contribution is 0.509. The van der Waals surface area contributed by atoms with E-state index < -0.39 is 11.0 Å². The maximum absolute atomic E-state index is 8.59. The van der Waals surface area contributed by atoms with Gasteiger partial charge in [0, 0.05) is 0 Å². The van der Waals surface area contributed by atoms with Crippen molar-refractivity contribution in [3.05, 3.63) is 0 Å². The Morgan fingerprint density at radius 2 is 1.70 bits per heavy atom. The minimum absolute atomic E-state index is 0.898. The van der Waals surface area contributed by atoms with E-state index in [9.17, 15) is 0 Å². The Hall–Kier alpha value is -0.0900. The molecule has 0 aliphatic heterocycles. The second kappa shape index (κ2) is 8.91. The maximum atomic E-state index is 8.59. The summed E-state index contributed by atoms with van der Waals surface area (Å²) < 4.78 is 24.2. The van der Waals surface area contributed by atoms with Crippen LogP contribution >= 0.6 is 0 Å². The van der Waals surface area contributed by atoms with Gasteiger partial charge in [-0.2, -0.15) is 0 Å². The van der Waals surface area contributed by atoms with Crippen LogP contribution in [0.25, 0.3) is 0 Å². The minimum atomic E-state index is -3.12. The van der Waals surface area contributed by atoms with E-state index in [4.69, 9.17) is 13.0 Å². The van der Waals surface area contributed by atoms with Crippen molar-refractivity contribution in [2.75, 3.05) is 0 Å². The molecule has 0 heterocycles. The van der Waals surface area contributed by atoms with Crippen LogP contribution in [0, 0.1) is 5.92 Å². The van der Waals surface area contributed by atoms with Gasteiger partial charge in [-0.25, -0.2) is 8.42 Å². The highest BCUT2D eigenvalue weighted by Crippen LogP contribution is 2.00. The Labute approximate surface area is 64.2 Å². The van der Waals surface area contributed by atoms with Crippen molar-refractivity contribution in [2.45, 2.75) is 33.6 Å². The molecule has 0 aromatic heterocycles. The van der Waals surface area contributed by atoms with Crippen molar-refractivity contribution < 1.29 is 13.0 Å². The Morgan fingerprint density at radius 3 is 1.70 bits per heavy atom. The van der Waals surface area contributed by atoms with Gasteiger partial charge >= 0.3 is 0 Å². The smallest absolute Gasteiger partial charge is 0.254 e. The molecule has 0 aromatic rings. The molecule has 0 aliphatic carbocycles. The molecule has 3 nitrogen and oxygen atoms in total. The second-order valence-corrected chi connectivity index (χ2v) is 2.90. The molecule has 0 saturated carbocycles. The van der Waals surface area contributed by atoms with Crippen molar-refractivity contribution >= 4 is 11.0 Å². The zero-order chi connectivity index (χ0) is 8.57. The van der Waals surface area contributed by atoms with E-state index in [0.29, 0.717) is 0 Å². The van der Waals surface area contributed by atoms with Crippen LogP contribution in [0.4, 0.5) is 0 Å². The fourth-order valence-corrected chi connectivity index (χ4v) is 0.577. The van der Waals surface area contributed by atoms with E-state index in [-0.39, 0.29) is 0 Å². The fourth-order valence-electron chi connectivity index (χ4n) is 0.577. The lowest BCUT2D eigenvalue weighted by Gasteiger charge is -1.95. The summed E-state index contributed by atoms with van der Waals surface area (Å²) in [7, 11) is -3.12. The van der Waals surface area contributed by atoms with E-state index in [1.807, 2.05) is 0 Å². The topological polar surface area (TPSA) is 54.4 Å². The largest absolute Gasteiger partial charge is 0.288 e. The SMILES string of the molecule is CCCC(C)C.O=[SH](=O)O. The lowest BCUT2D eigenvalue weighted by Crippen LogP contribution is -1.81. The van der Waals surface area contributed by atoms with Crippen LogP contribution in [-0.2, 0) is 11.0 Å². The molecule has 0 aromatic carbocycles. The van der Waals surface area contributed by atoms with Gasteiger partial charge in [0.25, 0.3) is 11.0 Å². The van der Waals surface area contributed by atoms with Gasteiger partial charge in [-0.3, -0.25) is 4.55 Å². The number of rotatable bonds is 2. The summed E-state index contributed by atoms with van der Waals surface area (Å²) in [5.74, 6) is 0.898. The Kier molecular flexibility index (Phi) is 11.2. The molecular weight excluding hydrogens is 152 g/mol. The molecule has 64 valence electrons. The van der Waals surface area contributed by atoms with Crippen LogP contribution in [-0.4, -0.2) is 13.0 Å². The van der Waals surface area contributed by atoms with Crippen LogP contribution in [0.5, 0.6) is 0 Å². The zero-order valence-corrected chi connectivity index (χ0v) is 7.60. The third-order valence-corrected chi connectivity index (χ3v) is 0.866. The number of hydrogen-bond acceptors (Lipinski definition) is 2. The molecule has 0 amide bonds. The summed E-state index contributed by atoms with van der Waals surface area (Å²) in [6.07, 6.45) is 2.71. The molecule has 0 fully saturated rings. The maximum Gasteiger partial charge on any atom is 0.254 e. The first-order chi connectivity index (χ1) is 4.50. The zero-order valence-electron chi connectivity index (χ0n) is 6.70. The average Bonchev–Trinajstić information content (AvgIpc) is 1.62. The van der Waals surface area contributed by atoms with Crippen molar-refractivity contribution in [3.8, 4) is 0 Å². The fraction of sp³-hybridized carbons (Fsp3) is 1.00. The van der Waals surface area contributed by atoms with Gasteiger partial charge in [0.15, 0.2) is 0 Å². The molecule has 0 atom stereocenters. The van der Waals surface area contributed by atoms with Crippen molar-refractivity contribution in [1.29, 1.82) is 0 Å². The molecule has 1 N–H and O–H groups in total. The van der Waals surface area contributed by atoms with Crippen LogP contribution < -0.4 is 0 Å². The average molecular weight is 168 g/mol. The molecule has 4 heteroatoms. The van der Waals surface area contributed by atoms with Gasteiger partial charge in [-0.05, 0) is 5.92 Å². The minimum Gasteiger partial charge on any atom is -0.288 e. The van der Waals surface area contributed by atoms with Gasteiger partial charge in [0.2, 0.25) is 0 Å². The Balaban J connectivity index is 0. The number of thiol groups is 1. The first-order valence-corrected chi connectivity index (χ1v) is 4.47. The van der Waals surface area contributed by atoms with Crippen molar-refractivity contribution in [1.82, 2.24) is 0 Å². The predicted octanol–water partition coefficient (Wildman–Crippen LogP) is 1.51. The Bertz CT molecular complexity index is 110. The summed E-state index contributed by atoms with van der Waals surface area (Å²) in [5, 5.41) is 0. The predicted molar refractivity (Wildman–Crippen MR) is 42.7 cm³/mol. The normalized spacial score (nSPS) is 9.40. The van der Waals surface area contributed by atoms with E-state index in [2.05, 4.69) is 20.8 Å². The van der Waals surface area contributed by atoms with E-state index in [1.165, 1.54) is 12.8 Å². The molecule has 0 rings (SSSR count). The van der Waals surface area contributed by atoms with Crippen LogP contribution in [0.3, 0.4) is 0 Å². The highest BCUT2D eigenvalue weighted by atomic mass is 32.2. The molecule has 0 bridgehead atoms. The van der Waals surface area contributed by atoms with Gasteiger partial charge in [-0.15, -0.1) is 0 Å². The van der Waals surface area contributed by atoms with Gasteiger partial charge in [0.05, 0.1) is 0 Å². The first-order valence-electron chi connectivity index (χ1n) is 3.34. The quantitative estimate of drug-likeness (QED) is 0.485. The van der Waals surface area contributed by atoms with Crippen LogP contribution in [0.1, 0.15) is 33.6 Å². The third kappa shape index (κ3) is 44.6. The van der Waals surface area contributed by atoms with E-state index in [0.717, 1.165) is 5.92 Å². The third-order valence-electron chi connectivity index (χ3n) is 0.866. The molecule has 0 spiro atoms. The van der Waals surface area contributed by atoms with Crippen molar-refractivity contribution in [2.24, 2.45) is 5.92 Å².